The third-order valence-corrected chi connectivity index (χ3v) is 6.65. The Labute approximate surface area is 179 Å². The second-order valence-corrected chi connectivity index (χ2v) is 8.61. The van der Waals surface area contributed by atoms with Crippen molar-refractivity contribution in [1.82, 2.24) is 19.7 Å². The summed E-state index contributed by atoms with van der Waals surface area (Å²) in [5, 5.41) is 10.2. The van der Waals surface area contributed by atoms with Gasteiger partial charge < -0.3 is 9.55 Å². The molecule has 1 fully saturated rings. The van der Waals surface area contributed by atoms with Gasteiger partial charge in [0, 0.05) is 35.1 Å². The van der Waals surface area contributed by atoms with E-state index < -0.39 is 5.25 Å². The molecule has 150 valence electrons. The summed E-state index contributed by atoms with van der Waals surface area (Å²) < 4.78 is 2.10. The van der Waals surface area contributed by atoms with E-state index in [0.29, 0.717) is 18.0 Å². The number of hydrogen-bond acceptors (Lipinski definition) is 4. The number of nitrogens with one attached hydrogen (secondary N) is 1. The lowest BCUT2D eigenvalue weighted by molar-refractivity contribution is 0.0991. The molecule has 1 N–H and O–H groups in total. The fourth-order valence-corrected chi connectivity index (χ4v) is 4.88. The number of rotatable bonds is 8. The van der Waals surface area contributed by atoms with Gasteiger partial charge in [-0.2, -0.15) is 0 Å². The number of hydrogen-bond donors (Lipinski definition) is 1. The lowest BCUT2D eigenvalue weighted by Crippen LogP contribution is -2.11. The number of benzene rings is 2. The monoisotopic (exact) mass is 414 g/mol. The first kappa shape index (κ1) is 18.9. The van der Waals surface area contributed by atoms with Crippen molar-refractivity contribution in [2.45, 2.75) is 35.7 Å². The predicted molar refractivity (Wildman–Crippen MR) is 120 cm³/mol. The summed E-state index contributed by atoms with van der Waals surface area (Å²) in [5.74, 6) is 1.54. The molecule has 0 bridgehead atoms. The summed E-state index contributed by atoms with van der Waals surface area (Å²) in [5.41, 5.74) is 2.62. The SMILES string of the molecule is C=CCn1c(SC(C(=O)c2c[nH]c3ccccc23)c2ccccc2)nnc1C1CC1. The van der Waals surface area contributed by atoms with Crippen LogP contribution in [-0.2, 0) is 6.54 Å². The average molecular weight is 415 g/mol. The van der Waals surface area contributed by atoms with Gasteiger partial charge in [0.1, 0.15) is 11.1 Å². The fraction of sp³-hybridized carbons (Fsp3) is 0.208. The summed E-state index contributed by atoms with van der Waals surface area (Å²) in [7, 11) is 0. The van der Waals surface area contributed by atoms with E-state index >= 15 is 0 Å². The zero-order valence-corrected chi connectivity index (χ0v) is 17.3. The minimum Gasteiger partial charge on any atom is -0.360 e. The van der Waals surface area contributed by atoms with E-state index in [1.165, 1.54) is 11.8 Å². The van der Waals surface area contributed by atoms with Crippen LogP contribution in [-0.4, -0.2) is 25.5 Å². The van der Waals surface area contributed by atoms with Gasteiger partial charge in [0.15, 0.2) is 10.9 Å². The number of nitrogens with zero attached hydrogens (tertiary/aromatic N) is 3. The Bertz CT molecular complexity index is 1210. The van der Waals surface area contributed by atoms with E-state index in [-0.39, 0.29) is 5.78 Å². The third-order valence-electron chi connectivity index (χ3n) is 5.42. The van der Waals surface area contributed by atoms with Crippen molar-refractivity contribution in [1.29, 1.82) is 0 Å². The Morgan fingerprint density at radius 2 is 1.93 bits per heavy atom. The molecule has 4 aromatic rings. The maximum absolute atomic E-state index is 13.7. The first-order chi connectivity index (χ1) is 14.8. The predicted octanol–water partition coefficient (Wildman–Crippen LogP) is 5.54. The Morgan fingerprint density at radius 3 is 2.70 bits per heavy atom. The summed E-state index contributed by atoms with van der Waals surface area (Å²) in [6, 6.07) is 17.8. The van der Waals surface area contributed by atoms with Gasteiger partial charge in [0.05, 0.1) is 0 Å². The molecule has 6 heteroatoms. The maximum Gasteiger partial charge on any atom is 0.192 e. The standard InChI is InChI=1S/C24H22N4OS/c1-2-14-28-23(17-12-13-17)26-27-24(28)30-22(16-8-4-3-5-9-16)21(29)19-15-25-20-11-7-6-10-18(19)20/h2-11,15,17,22,25H,1,12-14H2. The zero-order valence-electron chi connectivity index (χ0n) is 16.5. The summed E-state index contributed by atoms with van der Waals surface area (Å²) >= 11 is 1.47. The summed E-state index contributed by atoms with van der Waals surface area (Å²) in [6.07, 6.45) is 5.97. The van der Waals surface area contributed by atoms with Crippen LogP contribution in [0.5, 0.6) is 0 Å². The van der Waals surface area contributed by atoms with Gasteiger partial charge in [-0.15, -0.1) is 16.8 Å². The third kappa shape index (κ3) is 3.48. The maximum atomic E-state index is 13.7. The smallest absolute Gasteiger partial charge is 0.192 e. The first-order valence-electron chi connectivity index (χ1n) is 10.1. The number of fused-ring (bicyclic) bond motifs is 1. The van der Waals surface area contributed by atoms with Gasteiger partial charge in [0.2, 0.25) is 0 Å². The topological polar surface area (TPSA) is 63.6 Å². The number of H-pyrrole nitrogens is 1. The van der Waals surface area contributed by atoms with E-state index in [4.69, 9.17) is 0 Å². The minimum absolute atomic E-state index is 0.0600. The van der Waals surface area contributed by atoms with Gasteiger partial charge >= 0.3 is 0 Å². The molecule has 1 atom stereocenters. The van der Waals surface area contributed by atoms with Gasteiger partial charge in [-0.05, 0) is 24.5 Å². The van der Waals surface area contributed by atoms with Crippen LogP contribution in [0.15, 0.2) is 78.6 Å². The lowest BCUT2D eigenvalue weighted by Gasteiger charge is -2.16. The molecule has 0 amide bonds. The molecule has 2 aromatic heterocycles. The van der Waals surface area contributed by atoms with Crippen LogP contribution in [0.25, 0.3) is 10.9 Å². The molecule has 0 saturated heterocycles. The van der Waals surface area contributed by atoms with E-state index in [9.17, 15) is 4.79 Å². The highest BCUT2D eigenvalue weighted by atomic mass is 32.2. The number of carbonyl (C=O) groups is 1. The van der Waals surface area contributed by atoms with E-state index in [1.54, 1.807) is 0 Å². The van der Waals surface area contributed by atoms with Gasteiger partial charge in [-0.25, -0.2) is 0 Å². The normalized spacial score (nSPS) is 14.7. The van der Waals surface area contributed by atoms with Crippen LogP contribution < -0.4 is 0 Å². The van der Waals surface area contributed by atoms with Gasteiger partial charge in [-0.1, -0.05) is 66.4 Å². The minimum atomic E-state index is -0.412. The molecule has 0 aliphatic heterocycles. The Morgan fingerprint density at radius 1 is 1.17 bits per heavy atom. The second-order valence-electron chi connectivity index (χ2n) is 7.54. The Kier molecular flexibility index (Phi) is 5.01. The van der Waals surface area contributed by atoms with Crippen molar-refractivity contribution in [2.75, 3.05) is 0 Å². The lowest BCUT2D eigenvalue weighted by atomic mass is 10.0. The van der Waals surface area contributed by atoms with Crippen LogP contribution in [0.3, 0.4) is 0 Å². The van der Waals surface area contributed by atoms with Crippen LogP contribution in [0.4, 0.5) is 0 Å². The number of thioether (sulfide) groups is 1. The molecule has 2 heterocycles. The highest BCUT2D eigenvalue weighted by Gasteiger charge is 2.32. The first-order valence-corrected chi connectivity index (χ1v) is 11.0. The summed E-state index contributed by atoms with van der Waals surface area (Å²) in [6.45, 7) is 4.53. The number of para-hydroxylation sites is 1. The van der Waals surface area contributed by atoms with Crippen LogP contribution in [0.2, 0.25) is 0 Å². The molecular weight excluding hydrogens is 392 g/mol. The van der Waals surface area contributed by atoms with Crippen molar-refractivity contribution >= 4 is 28.4 Å². The average Bonchev–Trinajstić information content (AvgIpc) is 3.41. The number of aromatic amines is 1. The fourth-order valence-electron chi connectivity index (χ4n) is 3.75. The van der Waals surface area contributed by atoms with Crippen molar-refractivity contribution in [2.24, 2.45) is 0 Å². The second kappa shape index (κ2) is 7.95. The summed E-state index contributed by atoms with van der Waals surface area (Å²) in [4.78, 5) is 17.0. The molecule has 1 unspecified atom stereocenters. The van der Waals surface area contributed by atoms with Crippen molar-refractivity contribution in [3.8, 4) is 0 Å². The van der Waals surface area contributed by atoms with Crippen LogP contribution >= 0.6 is 11.8 Å². The Hall–Kier alpha value is -3.12. The quantitative estimate of drug-likeness (QED) is 0.234. The van der Waals surface area contributed by atoms with Crippen molar-refractivity contribution in [3.05, 3.63) is 90.4 Å². The number of ketones is 1. The molecule has 30 heavy (non-hydrogen) atoms. The number of allylic oxidation sites excluding steroid dienone is 1. The molecule has 1 aliphatic carbocycles. The molecule has 2 aromatic carbocycles. The highest BCUT2D eigenvalue weighted by molar-refractivity contribution is 8.00. The number of aromatic nitrogens is 4. The molecule has 0 spiro atoms. The van der Waals surface area contributed by atoms with E-state index in [0.717, 1.165) is 40.3 Å². The van der Waals surface area contributed by atoms with Crippen LogP contribution in [0.1, 0.15) is 45.8 Å². The van der Waals surface area contributed by atoms with Crippen LogP contribution in [0, 0.1) is 0 Å². The molecule has 5 rings (SSSR count). The number of Topliss-reactive ketones (excluding diaryl/α,β-unsaturated/α-hetero) is 1. The zero-order chi connectivity index (χ0) is 20.5. The molecule has 1 aliphatic rings. The molecule has 0 radical (unpaired) electrons. The highest BCUT2D eigenvalue weighted by Crippen LogP contribution is 2.43. The molecule has 1 saturated carbocycles. The largest absolute Gasteiger partial charge is 0.360 e. The van der Waals surface area contributed by atoms with Crippen molar-refractivity contribution < 1.29 is 4.79 Å². The van der Waals surface area contributed by atoms with E-state index in [2.05, 4.69) is 26.3 Å². The molecular formula is C24H22N4OS. The number of carbonyl (C=O) groups excluding carboxylic acids is 1. The van der Waals surface area contributed by atoms with Gasteiger partial charge in [-0.3, -0.25) is 4.79 Å². The Balaban J connectivity index is 1.55. The van der Waals surface area contributed by atoms with Gasteiger partial charge in [0.25, 0.3) is 0 Å². The van der Waals surface area contributed by atoms with E-state index in [1.807, 2.05) is 66.9 Å². The molecule has 5 nitrogen and oxygen atoms in total. The van der Waals surface area contributed by atoms with Crippen molar-refractivity contribution in [3.63, 3.8) is 0 Å².